The molecule has 0 radical (unpaired) electrons. The molecule has 1 N–H and O–H groups in total. The summed E-state index contributed by atoms with van der Waals surface area (Å²) >= 11 is 0. The number of amides is 1. The van der Waals surface area contributed by atoms with Gasteiger partial charge in [0.2, 0.25) is 5.91 Å². The Morgan fingerprint density at radius 2 is 1.87 bits per heavy atom. The van der Waals surface area contributed by atoms with Crippen LogP contribution >= 0.6 is 0 Å². The summed E-state index contributed by atoms with van der Waals surface area (Å²) in [5.74, 6) is 1.31. The van der Waals surface area contributed by atoms with Gasteiger partial charge in [-0.05, 0) is 68.1 Å². The quantitative estimate of drug-likeness (QED) is 0.645. The van der Waals surface area contributed by atoms with Gasteiger partial charge in [0, 0.05) is 25.1 Å². The van der Waals surface area contributed by atoms with Gasteiger partial charge < -0.3 is 15.0 Å². The van der Waals surface area contributed by atoms with Crippen LogP contribution < -0.4 is 10.1 Å². The zero-order valence-electron chi connectivity index (χ0n) is 18.4. The van der Waals surface area contributed by atoms with Crippen LogP contribution in [0.3, 0.4) is 0 Å². The molecular formula is C26H32N2O3. The number of anilines is 1. The van der Waals surface area contributed by atoms with Crippen molar-refractivity contribution in [1.82, 2.24) is 4.90 Å². The summed E-state index contributed by atoms with van der Waals surface area (Å²) in [6.07, 6.45) is 4.63. The number of nitrogens with zero attached hydrogens (tertiary/aromatic N) is 1. The Morgan fingerprint density at radius 1 is 1.10 bits per heavy atom. The van der Waals surface area contributed by atoms with E-state index in [1.807, 2.05) is 43.3 Å². The zero-order chi connectivity index (χ0) is 21.7. The highest BCUT2D eigenvalue weighted by Crippen LogP contribution is 2.37. The number of ether oxygens (including phenoxy) is 1. The topological polar surface area (TPSA) is 58.6 Å². The zero-order valence-corrected chi connectivity index (χ0v) is 18.4. The maximum atomic E-state index is 12.9. The smallest absolute Gasteiger partial charge is 0.224 e. The van der Waals surface area contributed by atoms with Crippen LogP contribution in [0.4, 0.5) is 5.69 Å². The van der Waals surface area contributed by atoms with Crippen molar-refractivity contribution < 1.29 is 14.3 Å². The number of ketones is 1. The molecule has 2 aliphatic heterocycles. The first-order chi connectivity index (χ1) is 15.1. The van der Waals surface area contributed by atoms with E-state index >= 15 is 0 Å². The summed E-state index contributed by atoms with van der Waals surface area (Å²) in [7, 11) is 0. The van der Waals surface area contributed by atoms with Gasteiger partial charge in [-0.2, -0.15) is 0 Å². The minimum absolute atomic E-state index is 0.0830. The average molecular weight is 421 g/mol. The minimum Gasteiger partial charge on any atom is -0.494 e. The van der Waals surface area contributed by atoms with Gasteiger partial charge >= 0.3 is 0 Å². The van der Waals surface area contributed by atoms with E-state index in [2.05, 4.69) is 22.3 Å². The van der Waals surface area contributed by atoms with E-state index in [0.29, 0.717) is 25.2 Å². The van der Waals surface area contributed by atoms with Crippen LogP contribution in [-0.2, 0) is 21.4 Å². The van der Waals surface area contributed by atoms with Crippen LogP contribution in [0.15, 0.2) is 48.5 Å². The number of carbonyl (C=O) groups is 2. The predicted octanol–water partition coefficient (Wildman–Crippen LogP) is 4.35. The summed E-state index contributed by atoms with van der Waals surface area (Å²) in [4.78, 5) is 26.8. The fourth-order valence-corrected chi connectivity index (χ4v) is 4.91. The number of Topliss-reactive ketones (excluding diaryl/α,β-unsaturated/α-hetero) is 1. The molecule has 1 fully saturated rings. The Bertz CT molecular complexity index is 918. The molecule has 0 unspecified atom stereocenters. The molecule has 0 saturated carbocycles. The number of hydrogen-bond donors (Lipinski definition) is 1. The fraction of sp³-hybridized carbons (Fsp3) is 0.462. The monoisotopic (exact) mass is 420 g/mol. The summed E-state index contributed by atoms with van der Waals surface area (Å²) < 4.78 is 5.96. The van der Waals surface area contributed by atoms with Gasteiger partial charge in [-0.25, -0.2) is 0 Å². The lowest BCUT2D eigenvalue weighted by atomic mass is 9.69. The molecule has 4 rings (SSSR count). The summed E-state index contributed by atoms with van der Waals surface area (Å²) in [6, 6.07) is 16.2. The summed E-state index contributed by atoms with van der Waals surface area (Å²) in [5.41, 5.74) is 2.90. The van der Waals surface area contributed by atoms with Gasteiger partial charge in [0.25, 0.3) is 0 Å². The Kier molecular flexibility index (Phi) is 6.71. The molecule has 1 amide bonds. The Morgan fingerprint density at radius 3 is 2.61 bits per heavy atom. The van der Waals surface area contributed by atoms with Gasteiger partial charge in [-0.15, -0.1) is 0 Å². The number of nitrogens with one attached hydrogen (secondary N) is 1. The lowest BCUT2D eigenvalue weighted by molar-refractivity contribution is -0.126. The van der Waals surface area contributed by atoms with Gasteiger partial charge in [0.05, 0.1) is 12.0 Å². The third-order valence-electron chi connectivity index (χ3n) is 6.75. The molecule has 0 aromatic heterocycles. The van der Waals surface area contributed by atoms with E-state index in [4.69, 9.17) is 4.74 Å². The maximum Gasteiger partial charge on any atom is 0.224 e. The second kappa shape index (κ2) is 9.65. The van der Waals surface area contributed by atoms with Gasteiger partial charge in [-0.1, -0.05) is 37.3 Å². The molecule has 31 heavy (non-hydrogen) atoms. The van der Waals surface area contributed by atoms with E-state index in [0.717, 1.165) is 62.3 Å². The lowest BCUT2D eigenvalue weighted by Crippen LogP contribution is -2.47. The first-order valence-electron chi connectivity index (χ1n) is 11.5. The third-order valence-corrected chi connectivity index (χ3v) is 6.75. The standard InChI is InChI=1S/C26H32N2O3/c1-2-24(29)26(21-7-4-3-5-8-21)13-16-28(17-14-26)15-6-18-31-22-10-11-23-20(19-22)9-12-25(30)27-23/h3-5,7-8,10-11,19H,2,6,9,12-18H2,1H3,(H,27,30). The van der Waals surface area contributed by atoms with E-state index in [9.17, 15) is 9.59 Å². The first-order valence-corrected chi connectivity index (χ1v) is 11.5. The molecule has 5 heteroatoms. The van der Waals surface area contributed by atoms with E-state index in [-0.39, 0.29) is 11.3 Å². The maximum absolute atomic E-state index is 12.9. The molecule has 0 aliphatic carbocycles. The summed E-state index contributed by atoms with van der Waals surface area (Å²) in [6.45, 7) is 5.51. The van der Waals surface area contributed by atoms with Gasteiger partial charge in [-0.3, -0.25) is 9.59 Å². The molecule has 0 spiro atoms. The molecular weight excluding hydrogens is 388 g/mol. The van der Waals surface area contributed by atoms with Gasteiger partial charge in [0.1, 0.15) is 11.5 Å². The van der Waals surface area contributed by atoms with E-state index < -0.39 is 0 Å². The fourth-order valence-electron chi connectivity index (χ4n) is 4.91. The number of fused-ring (bicyclic) bond motifs is 1. The van der Waals surface area contributed by atoms with Crippen molar-refractivity contribution in [3.05, 3.63) is 59.7 Å². The SMILES string of the molecule is CCC(=O)C1(c2ccccc2)CCN(CCCOc2ccc3c(c2)CCC(=O)N3)CC1. The molecule has 5 nitrogen and oxygen atoms in total. The molecule has 2 aliphatic rings. The van der Waals surface area contributed by atoms with Crippen LogP contribution in [0.2, 0.25) is 0 Å². The molecule has 2 heterocycles. The Hall–Kier alpha value is -2.66. The number of piperidine rings is 1. The highest BCUT2D eigenvalue weighted by molar-refractivity contribution is 5.94. The second-order valence-electron chi connectivity index (χ2n) is 8.64. The van der Waals surface area contributed by atoms with Crippen LogP contribution in [0, 0.1) is 0 Å². The number of rotatable bonds is 8. The molecule has 164 valence electrons. The van der Waals surface area contributed by atoms with Crippen LogP contribution in [-0.4, -0.2) is 42.8 Å². The van der Waals surface area contributed by atoms with Crippen molar-refractivity contribution in [2.24, 2.45) is 0 Å². The van der Waals surface area contributed by atoms with E-state index in [1.165, 1.54) is 5.56 Å². The van der Waals surface area contributed by atoms with Gasteiger partial charge in [0.15, 0.2) is 0 Å². The average Bonchev–Trinajstić information content (AvgIpc) is 2.82. The van der Waals surface area contributed by atoms with Crippen molar-refractivity contribution in [3.63, 3.8) is 0 Å². The molecule has 1 saturated heterocycles. The lowest BCUT2D eigenvalue weighted by Gasteiger charge is -2.41. The highest BCUT2D eigenvalue weighted by Gasteiger charge is 2.41. The number of likely N-dealkylation sites (tertiary alicyclic amines) is 1. The third kappa shape index (κ3) is 4.82. The number of aryl methyl sites for hydroxylation is 1. The van der Waals surface area contributed by atoms with Crippen LogP contribution in [0.25, 0.3) is 0 Å². The number of hydrogen-bond acceptors (Lipinski definition) is 4. The van der Waals surface area contributed by atoms with Crippen molar-refractivity contribution >= 4 is 17.4 Å². The van der Waals surface area contributed by atoms with Crippen molar-refractivity contribution in [1.29, 1.82) is 0 Å². The number of benzene rings is 2. The molecule has 0 atom stereocenters. The molecule has 2 aromatic carbocycles. The molecule has 0 bridgehead atoms. The van der Waals surface area contributed by atoms with Crippen molar-refractivity contribution in [2.45, 2.75) is 50.9 Å². The first kappa shape index (κ1) is 21.6. The van der Waals surface area contributed by atoms with Crippen molar-refractivity contribution in [2.75, 3.05) is 31.6 Å². The predicted molar refractivity (Wildman–Crippen MR) is 123 cm³/mol. The minimum atomic E-state index is -0.318. The largest absolute Gasteiger partial charge is 0.494 e. The van der Waals surface area contributed by atoms with Crippen LogP contribution in [0.5, 0.6) is 5.75 Å². The highest BCUT2D eigenvalue weighted by atomic mass is 16.5. The number of carbonyl (C=O) groups excluding carboxylic acids is 2. The molecule has 2 aromatic rings. The Labute approximate surface area is 184 Å². The normalized spacial score (nSPS) is 18.2. The summed E-state index contributed by atoms with van der Waals surface area (Å²) in [5, 5.41) is 2.90. The second-order valence-corrected chi connectivity index (χ2v) is 8.64. The van der Waals surface area contributed by atoms with E-state index in [1.54, 1.807) is 0 Å². The van der Waals surface area contributed by atoms with Crippen molar-refractivity contribution in [3.8, 4) is 5.75 Å². The Balaban J connectivity index is 1.26. The van der Waals surface area contributed by atoms with Crippen LogP contribution in [0.1, 0.15) is 50.2 Å².